The first-order valence-corrected chi connectivity index (χ1v) is 7.97. The smallest absolute Gasteiger partial charge is 0.191 e. The fraction of sp³-hybridized carbons (Fsp3) is 0.643. The lowest BCUT2D eigenvalue weighted by Crippen LogP contribution is -2.48. The zero-order valence-corrected chi connectivity index (χ0v) is 12.7. The number of anilines is 1. The van der Waals surface area contributed by atoms with Gasteiger partial charge in [-0.15, -0.1) is 11.3 Å². The largest absolute Gasteiger partial charge is 0.363 e. The summed E-state index contributed by atoms with van der Waals surface area (Å²) in [6.07, 6.45) is 3.47. The molecule has 4 nitrogen and oxygen atoms in total. The van der Waals surface area contributed by atoms with E-state index in [2.05, 4.69) is 45.0 Å². The Morgan fingerprint density at radius 3 is 2.84 bits per heavy atom. The van der Waals surface area contributed by atoms with Gasteiger partial charge in [0.05, 0.1) is 5.00 Å². The van der Waals surface area contributed by atoms with E-state index in [1.807, 2.05) is 18.4 Å². The average Bonchev–Trinajstić information content (AvgIpc) is 2.98. The van der Waals surface area contributed by atoms with Crippen LogP contribution in [0, 0.1) is 0 Å². The number of guanidine groups is 1. The molecule has 0 bridgehead atoms. The molecular formula is C14H24N4S. The molecule has 2 heterocycles. The maximum atomic E-state index is 4.27. The molecule has 0 aliphatic carbocycles. The van der Waals surface area contributed by atoms with Gasteiger partial charge in [-0.2, -0.15) is 0 Å². The van der Waals surface area contributed by atoms with Crippen molar-refractivity contribution in [3.05, 3.63) is 17.5 Å². The Hall–Kier alpha value is -1.23. The minimum atomic E-state index is 0.541. The zero-order valence-electron chi connectivity index (χ0n) is 11.9. The van der Waals surface area contributed by atoms with Crippen molar-refractivity contribution in [2.24, 2.45) is 4.99 Å². The number of nitrogens with zero attached hydrogens (tertiary/aromatic N) is 2. The van der Waals surface area contributed by atoms with Gasteiger partial charge in [0, 0.05) is 32.7 Å². The molecule has 0 spiro atoms. The standard InChI is InChI=1S/C14H24N4S/c1-3-8-16-14(15-2)17-12-6-9-18(10-7-12)13-5-4-11-19-13/h4-5,11-12H,3,6-10H2,1-2H3,(H2,15,16,17). The van der Waals surface area contributed by atoms with Gasteiger partial charge in [-0.3, -0.25) is 4.99 Å². The number of hydrogen-bond donors (Lipinski definition) is 2. The first-order chi connectivity index (χ1) is 9.33. The van der Waals surface area contributed by atoms with E-state index in [0.29, 0.717) is 6.04 Å². The number of aliphatic imine (C=N–C) groups is 1. The molecule has 2 N–H and O–H groups in total. The Balaban J connectivity index is 1.77. The molecule has 1 aliphatic heterocycles. The van der Waals surface area contributed by atoms with Gasteiger partial charge in [0.15, 0.2) is 5.96 Å². The van der Waals surface area contributed by atoms with Crippen LogP contribution < -0.4 is 15.5 Å². The lowest BCUT2D eigenvalue weighted by atomic mass is 10.1. The number of thiophene rings is 1. The van der Waals surface area contributed by atoms with Crippen LogP contribution in [0.25, 0.3) is 0 Å². The van der Waals surface area contributed by atoms with Crippen molar-refractivity contribution in [2.75, 3.05) is 31.6 Å². The molecule has 1 saturated heterocycles. The Labute approximate surface area is 119 Å². The van der Waals surface area contributed by atoms with Gasteiger partial charge in [-0.25, -0.2) is 0 Å². The van der Waals surface area contributed by atoms with E-state index in [-0.39, 0.29) is 0 Å². The molecule has 0 aromatic carbocycles. The Morgan fingerprint density at radius 2 is 2.26 bits per heavy atom. The molecule has 0 atom stereocenters. The van der Waals surface area contributed by atoms with E-state index < -0.39 is 0 Å². The van der Waals surface area contributed by atoms with Crippen LogP contribution in [0.1, 0.15) is 26.2 Å². The zero-order chi connectivity index (χ0) is 13.5. The molecule has 1 aromatic heterocycles. The topological polar surface area (TPSA) is 39.7 Å². The number of rotatable bonds is 4. The van der Waals surface area contributed by atoms with E-state index >= 15 is 0 Å². The summed E-state index contributed by atoms with van der Waals surface area (Å²) >= 11 is 1.83. The number of hydrogen-bond acceptors (Lipinski definition) is 3. The molecule has 0 unspecified atom stereocenters. The van der Waals surface area contributed by atoms with Crippen molar-refractivity contribution in [2.45, 2.75) is 32.2 Å². The van der Waals surface area contributed by atoms with Crippen LogP contribution in [0.2, 0.25) is 0 Å². The number of nitrogens with one attached hydrogen (secondary N) is 2. The highest BCUT2D eigenvalue weighted by atomic mass is 32.1. The lowest BCUT2D eigenvalue weighted by Gasteiger charge is -2.33. The van der Waals surface area contributed by atoms with Gasteiger partial charge in [-0.1, -0.05) is 6.92 Å². The average molecular weight is 280 g/mol. The van der Waals surface area contributed by atoms with Crippen LogP contribution in [0.5, 0.6) is 0 Å². The molecule has 1 aromatic rings. The van der Waals surface area contributed by atoms with Crippen LogP contribution in [0.15, 0.2) is 22.5 Å². The van der Waals surface area contributed by atoms with Gasteiger partial charge in [0.1, 0.15) is 0 Å². The molecule has 0 amide bonds. The maximum Gasteiger partial charge on any atom is 0.191 e. The van der Waals surface area contributed by atoms with Crippen LogP contribution in [0.4, 0.5) is 5.00 Å². The van der Waals surface area contributed by atoms with Gasteiger partial charge in [0.2, 0.25) is 0 Å². The van der Waals surface area contributed by atoms with Crippen LogP contribution in [-0.2, 0) is 0 Å². The molecular weight excluding hydrogens is 256 g/mol. The lowest BCUT2D eigenvalue weighted by molar-refractivity contribution is 0.463. The van der Waals surface area contributed by atoms with E-state index in [4.69, 9.17) is 0 Å². The minimum Gasteiger partial charge on any atom is -0.363 e. The molecule has 5 heteroatoms. The normalized spacial score (nSPS) is 17.6. The summed E-state index contributed by atoms with van der Waals surface area (Å²) in [5.74, 6) is 0.941. The first-order valence-electron chi connectivity index (χ1n) is 7.09. The summed E-state index contributed by atoms with van der Waals surface area (Å²) in [7, 11) is 1.84. The second-order valence-corrected chi connectivity index (χ2v) is 5.78. The van der Waals surface area contributed by atoms with Gasteiger partial charge in [0.25, 0.3) is 0 Å². The fourth-order valence-corrected chi connectivity index (χ4v) is 3.11. The quantitative estimate of drug-likeness (QED) is 0.656. The summed E-state index contributed by atoms with van der Waals surface area (Å²) in [6.45, 7) is 5.40. The fourth-order valence-electron chi connectivity index (χ4n) is 2.33. The van der Waals surface area contributed by atoms with Crippen LogP contribution >= 0.6 is 11.3 Å². The highest BCUT2D eigenvalue weighted by Crippen LogP contribution is 2.24. The Kier molecular flexibility index (Phi) is 5.51. The third-order valence-electron chi connectivity index (χ3n) is 3.42. The second kappa shape index (κ2) is 7.38. The first kappa shape index (κ1) is 14.2. The molecule has 1 aliphatic rings. The third-order valence-corrected chi connectivity index (χ3v) is 4.35. The molecule has 0 radical (unpaired) electrons. The van der Waals surface area contributed by atoms with E-state index in [0.717, 1.165) is 32.0 Å². The molecule has 0 saturated carbocycles. The van der Waals surface area contributed by atoms with Crippen LogP contribution in [0.3, 0.4) is 0 Å². The van der Waals surface area contributed by atoms with E-state index in [9.17, 15) is 0 Å². The van der Waals surface area contributed by atoms with Crippen molar-refractivity contribution >= 4 is 22.3 Å². The van der Waals surface area contributed by atoms with Crippen molar-refractivity contribution in [3.8, 4) is 0 Å². The Bertz CT molecular complexity index is 380. The molecule has 106 valence electrons. The second-order valence-electron chi connectivity index (χ2n) is 4.86. The SMILES string of the molecule is CCCNC(=NC)NC1CCN(c2cccs2)CC1. The van der Waals surface area contributed by atoms with Gasteiger partial charge in [-0.05, 0) is 36.8 Å². The van der Waals surface area contributed by atoms with Crippen molar-refractivity contribution < 1.29 is 0 Å². The predicted molar refractivity (Wildman–Crippen MR) is 84.3 cm³/mol. The highest BCUT2D eigenvalue weighted by Gasteiger charge is 2.20. The monoisotopic (exact) mass is 280 g/mol. The van der Waals surface area contributed by atoms with Crippen LogP contribution in [-0.4, -0.2) is 38.7 Å². The van der Waals surface area contributed by atoms with Gasteiger partial charge < -0.3 is 15.5 Å². The number of piperidine rings is 1. The summed E-state index contributed by atoms with van der Waals surface area (Å²) < 4.78 is 0. The van der Waals surface area contributed by atoms with Crippen molar-refractivity contribution in [1.29, 1.82) is 0 Å². The summed E-state index contributed by atoms with van der Waals surface area (Å²) in [4.78, 5) is 6.75. The van der Waals surface area contributed by atoms with E-state index in [1.165, 1.54) is 17.8 Å². The van der Waals surface area contributed by atoms with Crippen molar-refractivity contribution in [3.63, 3.8) is 0 Å². The summed E-state index contributed by atoms with van der Waals surface area (Å²) in [5, 5.41) is 10.4. The Morgan fingerprint density at radius 1 is 1.47 bits per heavy atom. The minimum absolute atomic E-state index is 0.541. The highest BCUT2D eigenvalue weighted by molar-refractivity contribution is 7.14. The summed E-state index contributed by atoms with van der Waals surface area (Å²) in [5.41, 5.74) is 0. The predicted octanol–water partition coefficient (Wildman–Crippen LogP) is 2.29. The van der Waals surface area contributed by atoms with Crippen molar-refractivity contribution in [1.82, 2.24) is 10.6 Å². The molecule has 1 fully saturated rings. The maximum absolute atomic E-state index is 4.27. The molecule has 2 rings (SSSR count). The molecule has 19 heavy (non-hydrogen) atoms. The van der Waals surface area contributed by atoms with Gasteiger partial charge >= 0.3 is 0 Å². The van der Waals surface area contributed by atoms with E-state index in [1.54, 1.807) is 0 Å². The summed E-state index contributed by atoms with van der Waals surface area (Å²) in [6, 6.07) is 4.88. The third kappa shape index (κ3) is 4.13.